The minimum absolute atomic E-state index is 0.150. The number of carbonyl (C=O) groups is 2. The van der Waals surface area contributed by atoms with Crippen molar-refractivity contribution in [2.45, 2.75) is 20.3 Å². The summed E-state index contributed by atoms with van der Waals surface area (Å²) in [6.07, 6.45) is 0.150. The van der Waals surface area contributed by atoms with Crippen LogP contribution in [0.2, 0.25) is 0 Å². The summed E-state index contributed by atoms with van der Waals surface area (Å²) in [5, 5.41) is 6.57. The third kappa shape index (κ3) is 4.57. The van der Waals surface area contributed by atoms with Gasteiger partial charge in [0.05, 0.1) is 7.11 Å². The quantitative estimate of drug-likeness (QED) is 0.884. The van der Waals surface area contributed by atoms with Gasteiger partial charge in [-0.05, 0) is 31.2 Å². The van der Waals surface area contributed by atoms with Crippen LogP contribution in [0, 0.1) is 6.92 Å². The Kier molecular flexibility index (Phi) is 5.35. The predicted octanol–water partition coefficient (Wildman–Crippen LogP) is 2.37. The fourth-order valence-corrected chi connectivity index (χ4v) is 2.02. The van der Waals surface area contributed by atoms with Crippen molar-refractivity contribution in [3.63, 3.8) is 0 Å². The highest BCUT2D eigenvalue weighted by atomic mass is 16.5. The van der Waals surface area contributed by atoms with Gasteiger partial charge in [0.2, 0.25) is 11.8 Å². The van der Waals surface area contributed by atoms with E-state index in [2.05, 4.69) is 10.5 Å². The summed E-state index contributed by atoms with van der Waals surface area (Å²) in [6, 6.07) is 8.68. The molecule has 0 aliphatic carbocycles. The fraction of sp³-hybridized carbons (Fsp3) is 0.312. The number of ether oxygens (including phenoxy) is 1. The van der Waals surface area contributed by atoms with Crippen LogP contribution in [0.3, 0.4) is 0 Å². The van der Waals surface area contributed by atoms with Crippen LogP contribution in [-0.2, 0) is 9.59 Å². The number of amides is 2. The van der Waals surface area contributed by atoms with Gasteiger partial charge in [0.15, 0.2) is 5.82 Å². The second-order valence-corrected chi connectivity index (χ2v) is 4.99. The van der Waals surface area contributed by atoms with E-state index in [0.717, 1.165) is 0 Å². The number of methoxy groups -OCH3 is 1. The summed E-state index contributed by atoms with van der Waals surface area (Å²) in [6.45, 7) is 3.39. The number of hydrogen-bond donors (Lipinski definition) is 1. The molecule has 0 aliphatic heterocycles. The molecule has 2 aromatic rings. The third-order valence-corrected chi connectivity index (χ3v) is 3.21. The van der Waals surface area contributed by atoms with Gasteiger partial charge in [0.1, 0.15) is 11.5 Å². The first-order chi connectivity index (χ1) is 11.0. The lowest BCUT2D eigenvalue weighted by Gasteiger charge is -2.17. The highest BCUT2D eigenvalue weighted by Crippen LogP contribution is 2.16. The smallest absolute Gasteiger partial charge is 0.226 e. The Labute approximate surface area is 134 Å². The molecule has 0 radical (unpaired) electrons. The molecule has 1 aromatic heterocycles. The van der Waals surface area contributed by atoms with E-state index in [0.29, 0.717) is 23.0 Å². The van der Waals surface area contributed by atoms with E-state index in [1.165, 1.54) is 11.8 Å². The zero-order valence-electron chi connectivity index (χ0n) is 13.3. The summed E-state index contributed by atoms with van der Waals surface area (Å²) >= 11 is 0. The van der Waals surface area contributed by atoms with Crippen molar-refractivity contribution in [1.82, 2.24) is 5.16 Å². The Morgan fingerprint density at radius 1 is 1.30 bits per heavy atom. The molecule has 0 atom stereocenters. The Balaban J connectivity index is 1.92. The standard InChI is InChI=1S/C16H19N3O4/c1-11-10-15(18-23-11)19(12(2)20)9-8-16(21)17-13-4-6-14(22-3)7-5-13/h4-7,10H,8-9H2,1-3H3,(H,17,21). The molecule has 0 unspecified atom stereocenters. The van der Waals surface area contributed by atoms with E-state index in [4.69, 9.17) is 9.26 Å². The van der Waals surface area contributed by atoms with Crippen molar-refractivity contribution >= 4 is 23.3 Å². The lowest BCUT2D eigenvalue weighted by Crippen LogP contribution is -2.32. The van der Waals surface area contributed by atoms with Crippen LogP contribution >= 0.6 is 0 Å². The zero-order valence-corrected chi connectivity index (χ0v) is 13.3. The van der Waals surface area contributed by atoms with Gasteiger partial charge in [0.25, 0.3) is 0 Å². The van der Waals surface area contributed by atoms with Crippen molar-refractivity contribution in [3.05, 3.63) is 36.1 Å². The van der Waals surface area contributed by atoms with E-state index in [1.54, 1.807) is 44.4 Å². The Hall–Kier alpha value is -2.83. The van der Waals surface area contributed by atoms with E-state index in [1.807, 2.05) is 0 Å². The van der Waals surface area contributed by atoms with E-state index >= 15 is 0 Å². The molecule has 23 heavy (non-hydrogen) atoms. The number of carbonyl (C=O) groups excluding carboxylic acids is 2. The van der Waals surface area contributed by atoms with Gasteiger partial charge in [-0.3, -0.25) is 14.5 Å². The number of benzene rings is 1. The SMILES string of the molecule is COc1ccc(NC(=O)CCN(C(C)=O)c2cc(C)on2)cc1. The van der Waals surface area contributed by atoms with Crippen molar-refractivity contribution in [2.24, 2.45) is 0 Å². The Morgan fingerprint density at radius 2 is 2.00 bits per heavy atom. The molecule has 122 valence electrons. The summed E-state index contributed by atoms with van der Waals surface area (Å²) < 4.78 is 10.0. The highest BCUT2D eigenvalue weighted by Gasteiger charge is 2.16. The molecule has 0 fully saturated rings. The third-order valence-electron chi connectivity index (χ3n) is 3.21. The minimum atomic E-state index is -0.199. The molecule has 0 aliphatic rings. The van der Waals surface area contributed by atoms with Gasteiger partial charge in [-0.25, -0.2) is 0 Å². The number of anilines is 2. The van der Waals surface area contributed by atoms with Crippen LogP contribution < -0.4 is 15.0 Å². The number of hydrogen-bond acceptors (Lipinski definition) is 5. The van der Waals surface area contributed by atoms with Gasteiger partial charge in [-0.1, -0.05) is 5.16 Å². The summed E-state index contributed by atoms with van der Waals surface area (Å²) in [7, 11) is 1.58. The number of aryl methyl sites for hydroxylation is 1. The fourth-order valence-electron chi connectivity index (χ4n) is 2.02. The van der Waals surface area contributed by atoms with Crippen LogP contribution in [0.4, 0.5) is 11.5 Å². The first kappa shape index (κ1) is 16.5. The number of aromatic nitrogens is 1. The van der Waals surface area contributed by atoms with Gasteiger partial charge in [-0.2, -0.15) is 0 Å². The molecule has 2 amide bonds. The van der Waals surface area contributed by atoms with Crippen molar-refractivity contribution in [3.8, 4) is 5.75 Å². The Morgan fingerprint density at radius 3 is 2.52 bits per heavy atom. The number of nitrogens with one attached hydrogen (secondary N) is 1. The largest absolute Gasteiger partial charge is 0.497 e. The maximum Gasteiger partial charge on any atom is 0.226 e. The second-order valence-electron chi connectivity index (χ2n) is 4.99. The molecule has 0 saturated heterocycles. The first-order valence-electron chi connectivity index (χ1n) is 7.15. The number of nitrogens with zero attached hydrogens (tertiary/aromatic N) is 2. The molecule has 0 spiro atoms. The lowest BCUT2D eigenvalue weighted by molar-refractivity contribution is -0.117. The van der Waals surface area contributed by atoms with E-state index in [9.17, 15) is 9.59 Å². The summed E-state index contributed by atoms with van der Waals surface area (Å²) in [5.41, 5.74) is 0.669. The zero-order chi connectivity index (χ0) is 16.8. The predicted molar refractivity (Wildman–Crippen MR) is 85.5 cm³/mol. The van der Waals surface area contributed by atoms with Crippen LogP contribution in [-0.4, -0.2) is 30.6 Å². The molecule has 2 rings (SSSR count). The highest BCUT2D eigenvalue weighted by molar-refractivity contribution is 5.94. The molecule has 7 heteroatoms. The van der Waals surface area contributed by atoms with E-state index < -0.39 is 0 Å². The van der Waals surface area contributed by atoms with Crippen LogP contribution in [0.5, 0.6) is 5.75 Å². The molecule has 1 heterocycles. The van der Waals surface area contributed by atoms with Crippen molar-refractivity contribution < 1.29 is 18.8 Å². The molecule has 7 nitrogen and oxygen atoms in total. The monoisotopic (exact) mass is 317 g/mol. The normalized spacial score (nSPS) is 10.2. The van der Waals surface area contributed by atoms with Crippen LogP contribution in [0.1, 0.15) is 19.1 Å². The van der Waals surface area contributed by atoms with Gasteiger partial charge < -0.3 is 14.6 Å². The second kappa shape index (κ2) is 7.44. The summed E-state index contributed by atoms with van der Waals surface area (Å²) in [4.78, 5) is 25.1. The average molecular weight is 317 g/mol. The summed E-state index contributed by atoms with van der Waals surface area (Å²) in [5.74, 6) is 1.34. The van der Waals surface area contributed by atoms with Gasteiger partial charge in [-0.15, -0.1) is 0 Å². The minimum Gasteiger partial charge on any atom is -0.497 e. The molecule has 1 N–H and O–H groups in total. The maximum absolute atomic E-state index is 12.0. The Bertz CT molecular complexity index is 679. The average Bonchev–Trinajstić information content (AvgIpc) is 2.94. The lowest BCUT2D eigenvalue weighted by atomic mass is 10.3. The number of rotatable bonds is 6. The first-order valence-corrected chi connectivity index (χ1v) is 7.15. The molecular formula is C16H19N3O4. The van der Waals surface area contributed by atoms with E-state index in [-0.39, 0.29) is 24.8 Å². The maximum atomic E-state index is 12.0. The van der Waals surface area contributed by atoms with Crippen LogP contribution in [0.15, 0.2) is 34.9 Å². The van der Waals surface area contributed by atoms with Crippen LogP contribution in [0.25, 0.3) is 0 Å². The van der Waals surface area contributed by atoms with Gasteiger partial charge in [0, 0.05) is 31.6 Å². The molecular weight excluding hydrogens is 298 g/mol. The molecule has 0 bridgehead atoms. The van der Waals surface area contributed by atoms with Crippen molar-refractivity contribution in [2.75, 3.05) is 23.9 Å². The van der Waals surface area contributed by atoms with Crippen molar-refractivity contribution in [1.29, 1.82) is 0 Å². The topological polar surface area (TPSA) is 84.7 Å². The molecule has 1 aromatic carbocycles. The molecule has 0 saturated carbocycles. The van der Waals surface area contributed by atoms with Gasteiger partial charge >= 0.3 is 0 Å².